The predicted octanol–water partition coefficient (Wildman–Crippen LogP) is 1.41. The lowest BCUT2D eigenvalue weighted by molar-refractivity contribution is 0.533. The van der Waals surface area contributed by atoms with E-state index in [1.807, 2.05) is 0 Å². The molecule has 108 valence electrons. The first kappa shape index (κ1) is 14.8. The van der Waals surface area contributed by atoms with Crippen molar-refractivity contribution in [2.45, 2.75) is 63.6 Å². The van der Waals surface area contributed by atoms with Crippen molar-refractivity contribution in [3.8, 4) is 0 Å². The summed E-state index contributed by atoms with van der Waals surface area (Å²) >= 11 is 10.5. The van der Waals surface area contributed by atoms with Gasteiger partial charge in [0.25, 0.3) is 0 Å². The molecule has 1 atom stereocenters. The fraction of sp³-hybridized carbons (Fsp3) is 0.846. The van der Waals surface area contributed by atoms with Crippen molar-refractivity contribution in [2.24, 2.45) is 0 Å². The normalized spacial score (nSPS) is 19.4. The molecule has 0 aromatic carbocycles. The van der Waals surface area contributed by atoms with Gasteiger partial charge in [0.1, 0.15) is 0 Å². The van der Waals surface area contributed by atoms with Gasteiger partial charge in [0.2, 0.25) is 0 Å². The Morgan fingerprint density at radius 1 is 1.05 bits per heavy atom. The molecule has 0 saturated heterocycles. The molecule has 4 nitrogen and oxygen atoms in total. The van der Waals surface area contributed by atoms with Crippen molar-refractivity contribution in [1.82, 2.24) is 21.3 Å². The second-order valence-corrected chi connectivity index (χ2v) is 6.28. The Kier molecular flexibility index (Phi) is 5.63. The zero-order valence-electron chi connectivity index (χ0n) is 11.5. The molecule has 0 aromatic heterocycles. The standard InChI is InChI=1S/C13H24N4S2/c1-2-9(15-13(19)17-11-5-6-11)7-8-14-12(18)16-10-3-4-10/h9-11H,2-8H2,1H3,(H2,14,16,18)(H2,15,17,19)/t9-/m0/s1. The van der Waals surface area contributed by atoms with Gasteiger partial charge in [-0.3, -0.25) is 0 Å². The molecule has 2 aliphatic carbocycles. The van der Waals surface area contributed by atoms with Gasteiger partial charge in [-0.15, -0.1) is 0 Å². The van der Waals surface area contributed by atoms with E-state index in [0.29, 0.717) is 18.1 Å². The Labute approximate surface area is 126 Å². The Morgan fingerprint density at radius 3 is 2.16 bits per heavy atom. The van der Waals surface area contributed by atoms with Crippen LogP contribution >= 0.6 is 24.4 Å². The van der Waals surface area contributed by atoms with Crippen LogP contribution in [0.2, 0.25) is 0 Å². The van der Waals surface area contributed by atoms with Crippen LogP contribution in [0.3, 0.4) is 0 Å². The minimum atomic E-state index is 0.412. The lowest BCUT2D eigenvalue weighted by Crippen LogP contribution is -2.44. The minimum Gasteiger partial charge on any atom is -0.363 e. The van der Waals surface area contributed by atoms with E-state index < -0.39 is 0 Å². The van der Waals surface area contributed by atoms with Gasteiger partial charge < -0.3 is 21.3 Å². The summed E-state index contributed by atoms with van der Waals surface area (Å²) in [5.74, 6) is 0. The smallest absolute Gasteiger partial charge is 0.166 e. The molecule has 0 radical (unpaired) electrons. The summed E-state index contributed by atoms with van der Waals surface area (Å²) in [7, 11) is 0. The summed E-state index contributed by atoms with van der Waals surface area (Å²) in [5, 5.41) is 14.8. The lowest BCUT2D eigenvalue weighted by atomic mass is 10.1. The van der Waals surface area contributed by atoms with Gasteiger partial charge in [-0.05, 0) is 63.0 Å². The van der Waals surface area contributed by atoms with Gasteiger partial charge in [0, 0.05) is 24.7 Å². The Bertz CT molecular complexity index is 327. The Balaban J connectivity index is 1.55. The number of nitrogens with one attached hydrogen (secondary N) is 4. The third-order valence-electron chi connectivity index (χ3n) is 3.43. The molecule has 0 spiro atoms. The molecule has 2 rings (SSSR count). The van der Waals surface area contributed by atoms with Crippen LogP contribution in [0.4, 0.5) is 0 Å². The third kappa shape index (κ3) is 6.38. The summed E-state index contributed by atoms with van der Waals surface area (Å²) < 4.78 is 0. The maximum absolute atomic E-state index is 5.30. The van der Waals surface area contributed by atoms with Gasteiger partial charge in [0.15, 0.2) is 10.2 Å². The molecule has 2 fully saturated rings. The SMILES string of the molecule is CC[C@@H](CCNC(=S)NC1CC1)NC(=S)NC1CC1. The summed E-state index contributed by atoms with van der Waals surface area (Å²) in [6.07, 6.45) is 7.10. The van der Waals surface area contributed by atoms with Crippen LogP contribution in [0.5, 0.6) is 0 Å². The molecule has 19 heavy (non-hydrogen) atoms. The molecule has 0 aliphatic heterocycles. The van der Waals surface area contributed by atoms with Gasteiger partial charge in [-0.1, -0.05) is 6.92 Å². The maximum atomic E-state index is 5.30. The molecule has 6 heteroatoms. The first-order valence-electron chi connectivity index (χ1n) is 7.28. The molecule has 0 amide bonds. The average molecular weight is 300 g/mol. The molecule has 0 heterocycles. The van der Waals surface area contributed by atoms with E-state index in [4.69, 9.17) is 24.4 Å². The van der Waals surface area contributed by atoms with Crippen LogP contribution in [0.1, 0.15) is 45.4 Å². The van der Waals surface area contributed by atoms with E-state index in [0.717, 1.165) is 29.6 Å². The summed E-state index contributed by atoms with van der Waals surface area (Å²) in [4.78, 5) is 0. The summed E-state index contributed by atoms with van der Waals surface area (Å²) in [6.45, 7) is 3.06. The number of rotatable bonds is 7. The van der Waals surface area contributed by atoms with E-state index in [2.05, 4.69) is 28.2 Å². The highest BCUT2D eigenvalue weighted by molar-refractivity contribution is 7.80. The van der Waals surface area contributed by atoms with Crippen LogP contribution in [0.25, 0.3) is 0 Å². The van der Waals surface area contributed by atoms with E-state index in [1.54, 1.807) is 0 Å². The zero-order chi connectivity index (χ0) is 13.7. The van der Waals surface area contributed by atoms with Crippen LogP contribution < -0.4 is 21.3 Å². The lowest BCUT2D eigenvalue weighted by Gasteiger charge is -2.20. The molecule has 0 bridgehead atoms. The minimum absolute atomic E-state index is 0.412. The molecule has 4 N–H and O–H groups in total. The molecule has 2 saturated carbocycles. The van der Waals surface area contributed by atoms with Crippen molar-refractivity contribution in [3.63, 3.8) is 0 Å². The van der Waals surface area contributed by atoms with Crippen molar-refractivity contribution in [2.75, 3.05) is 6.54 Å². The molecular weight excluding hydrogens is 276 g/mol. The fourth-order valence-corrected chi connectivity index (χ4v) is 2.44. The zero-order valence-corrected chi connectivity index (χ0v) is 13.1. The van der Waals surface area contributed by atoms with E-state index in [-0.39, 0.29) is 0 Å². The molecule has 0 unspecified atom stereocenters. The summed E-state index contributed by atoms with van der Waals surface area (Å²) in [5.41, 5.74) is 0. The molecule has 2 aliphatic rings. The highest BCUT2D eigenvalue weighted by Crippen LogP contribution is 2.18. The quantitative estimate of drug-likeness (QED) is 0.533. The van der Waals surface area contributed by atoms with E-state index in [1.165, 1.54) is 25.7 Å². The van der Waals surface area contributed by atoms with Crippen LogP contribution in [0.15, 0.2) is 0 Å². The van der Waals surface area contributed by atoms with Gasteiger partial charge in [-0.25, -0.2) is 0 Å². The topological polar surface area (TPSA) is 48.1 Å². The van der Waals surface area contributed by atoms with Gasteiger partial charge in [0.05, 0.1) is 0 Å². The number of hydrogen-bond donors (Lipinski definition) is 4. The monoisotopic (exact) mass is 300 g/mol. The molecule has 0 aromatic rings. The van der Waals surface area contributed by atoms with Crippen molar-refractivity contribution >= 4 is 34.7 Å². The first-order chi connectivity index (χ1) is 9.17. The maximum Gasteiger partial charge on any atom is 0.166 e. The van der Waals surface area contributed by atoms with E-state index >= 15 is 0 Å². The molecular formula is C13H24N4S2. The third-order valence-corrected chi connectivity index (χ3v) is 3.93. The number of hydrogen-bond acceptors (Lipinski definition) is 2. The average Bonchev–Trinajstić information content (AvgIpc) is 3.24. The van der Waals surface area contributed by atoms with Crippen molar-refractivity contribution in [1.29, 1.82) is 0 Å². The Hall–Kier alpha value is -0.620. The Morgan fingerprint density at radius 2 is 1.63 bits per heavy atom. The summed E-state index contributed by atoms with van der Waals surface area (Å²) in [6, 6.07) is 1.65. The second-order valence-electron chi connectivity index (χ2n) is 5.46. The second kappa shape index (κ2) is 7.24. The largest absolute Gasteiger partial charge is 0.363 e. The van der Waals surface area contributed by atoms with Crippen molar-refractivity contribution < 1.29 is 0 Å². The number of thiocarbonyl (C=S) groups is 2. The highest BCUT2D eigenvalue weighted by Gasteiger charge is 2.23. The van der Waals surface area contributed by atoms with Crippen LogP contribution in [-0.2, 0) is 0 Å². The van der Waals surface area contributed by atoms with Crippen molar-refractivity contribution in [3.05, 3.63) is 0 Å². The van der Waals surface area contributed by atoms with Crippen LogP contribution in [0, 0.1) is 0 Å². The van der Waals surface area contributed by atoms with Crippen LogP contribution in [-0.4, -0.2) is 34.9 Å². The first-order valence-corrected chi connectivity index (χ1v) is 8.10. The highest BCUT2D eigenvalue weighted by atomic mass is 32.1. The van der Waals surface area contributed by atoms with Gasteiger partial charge >= 0.3 is 0 Å². The van der Waals surface area contributed by atoms with E-state index in [9.17, 15) is 0 Å². The predicted molar refractivity (Wildman–Crippen MR) is 87.3 cm³/mol. The fourth-order valence-electron chi connectivity index (χ4n) is 1.84. The van der Waals surface area contributed by atoms with Gasteiger partial charge in [-0.2, -0.15) is 0 Å².